The van der Waals surface area contributed by atoms with Gasteiger partial charge in [0.05, 0.1) is 11.6 Å². The number of rotatable bonds is 5. The van der Waals surface area contributed by atoms with E-state index in [4.69, 9.17) is 31.0 Å². The Morgan fingerprint density at radius 3 is 2.91 bits per heavy atom. The second kappa shape index (κ2) is 9.49. The third kappa shape index (κ3) is 4.10. The fourth-order valence-corrected chi connectivity index (χ4v) is 8.76. The molecule has 2 aromatic heterocycles. The van der Waals surface area contributed by atoms with Crippen molar-refractivity contribution in [2.24, 2.45) is 0 Å². The third-order valence-electron chi connectivity index (χ3n) is 10.5. The summed E-state index contributed by atoms with van der Waals surface area (Å²) in [4.78, 5) is 18.7. The van der Waals surface area contributed by atoms with Crippen LogP contribution in [0.25, 0.3) is 22.2 Å². The Bertz CT molecular complexity index is 1660. The molecule has 1 aromatic carbocycles. The number of nitrogens with one attached hydrogen (secondary N) is 1. The molecule has 3 aromatic rings. The van der Waals surface area contributed by atoms with Gasteiger partial charge in [0.25, 0.3) is 0 Å². The van der Waals surface area contributed by atoms with Gasteiger partial charge in [-0.2, -0.15) is 9.97 Å². The van der Waals surface area contributed by atoms with Crippen molar-refractivity contribution in [3.8, 4) is 28.9 Å². The lowest BCUT2D eigenvalue weighted by Gasteiger charge is -2.40. The summed E-state index contributed by atoms with van der Waals surface area (Å²) in [5.41, 5.74) is 0.920. The van der Waals surface area contributed by atoms with E-state index < -0.39 is 17.5 Å². The van der Waals surface area contributed by atoms with Crippen LogP contribution in [-0.4, -0.2) is 87.6 Å². The van der Waals surface area contributed by atoms with E-state index >= 15 is 4.39 Å². The molecule has 6 aliphatic rings. The van der Waals surface area contributed by atoms with Crippen LogP contribution in [0.1, 0.15) is 56.4 Å². The number of nitrogens with zero attached hydrogens (tertiary/aromatic N) is 5. The lowest BCUT2D eigenvalue weighted by atomic mass is 9.95. The Hall–Kier alpha value is -3.02. The largest absolute Gasteiger partial charge is 0.508 e. The van der Waals surface area contributed by atoms with Crippen LogP contribution in [0.15, 0.2) is 12.1 Å². The molecule has 1 aliphatic carbocycles. The molecule has 5 aliphatic heterocycles. The monoisotopic (exact) mass is 610 g/mol. The minimum atomic E-state index is -0.885. The van der Waals surface area contributed by atoms with E-state index in [0.717, 1.165) is 50.6 Å². The quantitative estimate of drug-likeness (QED) is 0.425. The van der Waals surface area contributed by atoms with Gasteiger partial charge in [-0.25, -0.2) is 13.8 Å². The number of benzene rings is 1. The van der Waals surface area contributed by atoms with Crippen molar-refractivity contribution in [3.05, 3.63) is 28.5 Å². The maximum absolute atomic E-state index is 16.8. The summed E-state index contributed by atoms with van der Waals surface area (Å²) in [5, 5.41) is 15.0. The zero-order chi connectivity index (χ0) is 29.0. The Morgan fingerprint density at radius 2 is 2.05 bits per heavy atom. The average molecular weight is 611 g/mol. The summed E-state index contributed by atoms with van der Waals surface area (Å²) in [6, 6.07) is 3.57. The molecule has 226 valence electrons. The first-order chi connectivity index (χ1) is 20.9. The molecule has 1 saturated carbocycles. The van der Waals surface area contributed by atoms with E-state index in [2.05, 4.69) is 20.1 Å². The van der Waals surface area contributed by atoms with Crippen LogP contribution in [0.5, 0.6) is 17.6 Å². The van der Waals surface area contributed by atoms with Gasteiger partial charge >= 0.3 is 6.01 Å². The lowest BCUT2D eigenvalue weighted by Crippen LogP contribution is -2.60. The van der Waals surface area contributed by atoms with Gasteiger partial charge in [0.2, 0.25) is 5.88 Å². The summed E-state index contributed by atoms with van der Waals surface area (Å²) in [6.45, 7) is 2.56. The number of phenolic OH excluding ortho intramolecular Hbond substituents is 1. The molecule has 2 bridgehead atoms. The predicted octanol–water partition coefficient (Wildman–Crippen LogP) is 4.72. The maximum atomic E-state index is 16.8. The van der Waals surface area contributed by atoms with Gasteiger partial charge in [-0.1, -0.05) is 11.6 Å². The van der Waals surface area contributed by atoms with Crippen LogP contribution < -0.4 is 19.7 Å². The van der Waals surface area contributed by atoms with Crippen molar-refractivity contribution in [2.45, 2.75) is 80.7 Å². The molecule has 9 nitrogen and oxygen atoms in total. The summed E-state index contributed by atoms with van der Waals surface area (Å²) >= 11 is 6.60. The second-order valence-electron chi connectivity index (χ2n) is 13.2. The molecule has 2 N–H and O–H groups in total. The number of aromatic hydroxyl groups is 1. The Morgan fingerprint density at radius 1 is 1.16 bits per heavy atom. The maximum Gasteiger partial charge on any atom is 0.319 e. The fourth-order valence-electron chi connectivity index (χ4n) is 8.39. The molecule has 0 unspecified atom stereocenters. The minimum Gasteiger partial charge on any atom is -0.508 e. The topological polar surface area (TPSA) is 95.9 Å². The highest BCUT2D eigenvalue weighted by molar-refractivity contribution is 6.32. The van der Waals surface area contributed by atoms with Crippen LogP contribution in [0.4, 0.5) is 14.6 Å². The molecule has 5 atom stereocenters. The van der Waals surface area contributed by atoms with Crippen molar-refractivity contribution >= 4 is 28.3 Å². The molecule has 0 radical (unpaired) electrons. The first-order valence-electron chi connectivity index (χ1n) is 15.5. The van der Waals surface area contributed by atoms with Crippen molar-refractivity contribution in [1.29, 1.82) is 0 Å². The van der Waals surface area contributed by atoms with Crippen LogP contribution in [0.3, 0.4) is 0 Å². The number of halogens is 3. The molecular formula is C31H33ClF2N6O3. The summed E-state index contributed by atoms with van der Waals surface area (Å²) < 4.78 is 44.0. The molecule has 12 heteroatoms. The molecule has 9 rings (SSSR count). The van der Waals surface area contributed by atoms with Gasteiger partial charge in [-0.3, -0.25) is 4.90 Å². The van der Waals surface area contributed by atoms with Gasteiger partial charge in [0.15, 0.2) is 5.82 Å². The highest BCUT2D eigenvalue weighted by atomic mass is 35.5. The number of hydrogen-bond donors (Lipinski definition) is 2. The van der Waals surface area contributed by atoms with E-state index in [1.54, 1.807) is 0 Å². The zero-order valence-electron chi connectivity index (χ0n) is 23.7. The van der Waals surface area contributed by atoms with Crippen molar-refractivity contribution in [3.63, 3.8) is 0 Å². The van der Waals surface area contributed by atoms with Gasteiger partial charge in [0, 0.05) is 42.2 Å². The molecular weight excluding hydrogens is 578 g/mol. The number of alkyl halides is 1. The van der Waals surface area contributed by atoms with E-state index in [1.807, 2.05) is 0 Å². The number of anilines is 1. The molecule has 7 heterocycles. The Labute approximate surface area is 252 Å². The van der Waals surface area contributed by atoms with Crippen molar-refractivity contribution in [2.75, 3.05) is 37.7 Å². The molecule has 0 amide bonds. The van der Waals surface area contributed by atoms with Gasteiger partial charge in [-0.05, 0) is 68.7 Å². The Balaban J connectivity index is 1.21. The van der Waals surface area contributed by atoms with Gasteiger partial charge in [-0.15, -0.1) is 0 Å². The van der Waals surface area contributed by atoms with Crippen LogP contribution in [0, 0.1) is 5.82 Å². The standard InChI is InChI=1S/C31H33ClF2N6O3/c32-20-9-18(41)8-19(23(20)15-2-3-15)26-25(34)27-24-28(40-12-17-4-5-21(35-17)22(40)13-42-29(24)36-26)38-30(37-27)43-14-31-6-1-7-39(31)11-16(33)10-31/h8-9,15-17,21-22,35,41H,1-7,10-14H2/t16-,17+,21-,22+,31+/m1/s1. The highest BCUT2D eigenvalue weighted by Gasteiger charge is 2.50. The number of aromatic nitrogens is 3. The number of ether oxygens (including phenoxy) is 2. The van der Waals surface area contributed by atoms with E-state index in [0.29, 0.717) is 53.9 Å². The fraction of sp³-hybridized carbons (Fsp3) is 0.581. The smallest absolute Gasteiger partial charge is 0.319 e. The van der Waals surface area contributed by atoms with Gasteiger partial charge < -0.3 is 24.8 Å². The van der Waals surface area contributed by atoms with Crippen molar-refractivity contribution < 1.29 is 23.4 Å². The number of pyridine rings is 1. The van der Waals surface area contributed by atoms with Crippen LogP contribution >= 0.6 is 11.6 Å². The highest BCUT2D eigenvalue weighted by Crippen LogP contribution is 2.50. The number of phenols is 1. The lowest BCUT2D eigenvalue weighted by molar-refractivity contribution is 0.107. The predicted molar refractivity (Wildman–Crippen MR) is 156 cm³/mol. The summed E-state index contributed by atoms with van der Waals surface area (Å²) in [7, 11) is 0. The molecule has 5 fully saturated rings. The second-order valence-corrected chi connectivity index (χ2v) is 13.6. The average Bonchev–Trinajstić information content (AvgIpc) is 3.56. The van der Waals surface area contributed by atoms with E-state index in [-0.39, 0.29) is 53.5 Å². The first kappa shape index (κ1) is 26.4. The Kier molecular flexibility index (Phi) is 5.82. The van der Waals surface area contributed by atoms with E-state index in [9.17, 15) is 9.50 Å². The van der Waals surface area contributed by atoms with Crippen LogP contribution in [-0.2, 0) is 0 Å². The molecule has 0 spiro atoms. The van der Waals surface area contributed by atoms with Crippen molar-refractivity contribution in [1.82, 2.24) is 25.2 Å². The minimum absolute atomic E-state index is 0.0197. The van der Waals surface area contributed by atoms with Crippen LogP contribution in [0.2, 0.25) is 5.02 Å². The normalized spacial score (nSPS) is 31.2. The first-order valence-corrected chi connectivity index (χ1v) is 15.9. The number of fused-ring (bicyclic) bond motifs is 6. The SMILES string of the molecule is Oc1cc(Cl)c(C2CC2)c(-c2nc3c4c(nc(OC[C@@]56CCCN5C[C@H](F)C6)nc4c2F)N2C[C@@H]4CC[C@@H](N4)[C@@H]2CO3)c1. The molecule has 43 heavy (non-hydrogen) atoms. The summed E-state index contributed by atoms with van der Waals surface area (Å²) in [6.07, 6.45) is 5.31. The zero-order valence-corrected chi connectivity index (χ0v) is 24.4. The van der Waals surface area contributed by atoms with Gasteiger partial charge in [0.1, 0.15) is 47.5 Å². The number of piperazine rings is 1. The van der Waals surface area contributed by atoms with E-state index in [1.165, 1.54) is 12.1 Å². The number of hydrogen-bond acceptors (Lipinski definition) is 9. The summed E-state index contributed by atoms with van der Waals surface area (Å²) in [5.74, 6) is 0.292. The third-order valence-corrected chi connectivity index (χ3v) is 10.8. The molecule has 4 saturated heterocycles.